The summed E-state index contributed by atoms with van der Waals surface area (Å²) in [5, 5.41) is 23.1. The van der Waals surface area contributed by atoms with Gasteiger partial charge >= 0.3 is 5.69 Å². The van der Waals surface area contributed by atoms with Crippen LogP contribution in [0.2, 0.25) is 0 Å². The maximum absolute atomic E-state index is 14.6. The van der Waals surface area contributed by atoms with Crippen molar-refractivity contribution in [2.45, 2.75) is 32.7 Å². The van der Waals surface area contributed by atoms with E-state index in [1.54, 1.807) is 6.07 Å². The van der Waals surface area contributed by atoms with Crippen molar-refractivity contribution in [3.8, 4) is 0 Å². The minimum absolute atomic E-state index is 0.00000974. The first kappa shape index (κ1) is 17.0. The van der Waals surface area contributed by atoms with Crippen LogP contribution in [0, 0.1) is 15.9 Å². The van der Waals surface area contributed by atoms with Crippen LogP contribution in [-0.2, 0) is 19.4 Å². The zero-order chi connectivity index (χ0) is 18.0. The van der Waals surface area contributed by atoms with Gasteiger partial charge in [0, 0.05) is 6.54 Å². The number of fused-ring (bicyclic) bond motifs is 1. The van der Waals surface area contributed by atoms with Crippen molar-refractivity contribution in [3.63, 3.8) is 0 Å². The molecular formula is C16H18FN5O3. The summed E-state index contributed by atoms with van der Waals surface area (Å²) in [5.74, 6) is -1.31. The number of H-pyrrole nitrogens is 1. The average molecular weight is 347 g/mol. The molecule has 2 aromatic rings. The van der Waals surface area contributed by atoms with Gasteiger partial charge in [0.1, 0.15) is 11.5 Å². The molecule has 1 aliphatic heterocycles. The number of anilines is 1. The number of hydrogen-bond acceptors (Lipinski definition) is 5. The summed E-state index contributed by atoms with van der Waals surface area (Å²) in [6.45, 7) is 3.10. The molecule has 1 amide bonds. The smallest absolute Gasteiger partial charge is 0.318 e. The number of carbonyl (C=O) groups excluding carboxylic acids is 1. The van der Waals surface area contributed by atoms with Crippen molar-refractivity contribution in [2.24, 2.45) is 0 Å². The lowest BCUT2D eigenvalue weighted by atomic mass is 9.99. The van der Waals surface area contributed by atoms with Gasteiger partial charge in [-0.05, 0) is 36.6 Å². The second-order valence-electron chi connectivity index (χ2n) is 5.85. The first-order chi connectivity index (χ1) is 12.0. The Hall–Kier alpha value is -2.81. The van der Waals surface area contributed by atoms with Crippen LogP contribution in [0.5, 0.6) is 0 Å². The van der Waals surface area contributed by atoms with E-state index >= 15 is 0 Å². The predicted octanol–water partition coefficient (Wildman–Crippen LogP) is 2.31. The van der Waals surface area contributed by atoms with Gasteiger partial charge < -0.3 is 10.6 Å². The van der Waals surface area contributed by atoms with Gasteiger partial charge in [0.15, 0.2) is 0 Å². The molecule has 3 rings (SSSR count). The number of carbonyl (C=O) groups is 1. The number of benzene rings is 1. The van der Waals surface area contributed by atoms with Gasteiger partial charge in [-0.1, -0.05) is 19.4 Å². The molecule has 1 aromatic heterocycles. The van der Waals surface area contributed by atoms with Crippen LogP contribution >= 0.6 is 0 Å². The first-order valence-electron chi connectivity index (χ1n) is 8.06. The molecule has 25 heavy (non-hydrogen) atoms. The number of hydrogen-bond donors (Lipinski definition) is 3. The summed E-state index contributed by atoms with van der Waals surface area (Å²) in [4.78, 5) is 23.0. The Morgan fingerprint density at radius 3 is 3.00 bits per heavy atom. The molecule has 1 aliphatic rings. The molecule has 0 unspecified atom stereocenters. The third kappa shape index (κ3) is 3.22. The van der Waals surface area contributed by atoms with Crippen molar-refractivity contribution in [2.75, 3.05) is 11.9 Å². The molecule has 0 aliphatic carbocycles. The third-order valence-corrected chi connectivity index (χ3v) is 4.17. The summed E-state index contributed by atoms with van der Waals surface area (Å²) in [7, 11) is 0. The fourth-order valence-electron chi connectivity index (χ4n) is 2.96. The zero-order valence-corrected chi connectivity index (χ0v) is 13.7. The number of nitro groups is 1. The topological polar surface area (TPSA) is 113 Å². The predicted molar refractivity (Wildman–Crippen MR) is 89.0 cm³/mol. The number of nitrogens with one attached hydrogen (secondary N) is 3. The monoisotopic (exact) mass is 347 g/mol. The average Bonchev–Trinajstić information content (AvgIpc) is 3.02. The number of nitrogens with zero attached hydrogens (tertiary/aromatic N) is 2. The molecule has 3 N–H and O–H groups in total. The van der Waals surface area contributed by atoms with Gasteiger partial charge in [-0.15, -0.1) is 0 Å². The Labute approximate surface area is 143 Å². The molecule has 9 heteroatoms. The van der Waals surface area contributed by atoms with Gasteiger partial charge in [-0.3, -0.25) is 20.0 Å². The molecule has 0 atom stereocenters. The van der Waals surface area contributed by atoms with Crippen LogP contribution < -0.4 is 10.6 Å². The first-order valence-corrected chi connectivity index (χ1v) is 8.06. The van der Waals surface area contributed by atoms with Crippen LogP contribution in [0.25, 0.3) is 0 Å². The van der Waals surface area contributed by atoms with Gasteiger partial charge in [0.2, 0.25) is 5.69 Å². The van der Waals surface area contributed by atoms with E-state index in [4.69, 9.17) is 0 Å². The Balaban J connectivity index is 1.89. The fraction of sp³-hybridized carbons (Fsp3) is 0.375. The molecule has 0 saturated heterocycles. The highest BCUT2D eigenvalue weighted by Gasteiger charge is 2.29. The summed E-state index contributed by atoms with van der Waals surface area (Å²) in [5.41, 5.74) is 0.987. The second-order valence-corrected chi connectivity index (χ2v) is 5.85. The number of amides is 1. The molecule has 8 nitrogen and oxygen atoms in total. The number of aromatic amines is 1. The van der Waals surface area contributed by atoms with Gasteiger partial charge in [-0.2, -0.15) is 5.10 Å². The number of aromatic nitrogens is 2. The van der Waals surface area contributed by atoms with Crippen LogP contribution in [0.1, 0.15) is 40.7 Å². The molecule has 0 saturated carbocycles. The Bertz CT molecular complexity index is 833. The molecule has 1 aromatic carbocycles. The van der Waals surface area contributed by atoms with Crippen molar-refractivity contribution in [1.29, 1.82) is 0 Å². The highest BCUT2D eigenvalue weighted by molar-refractivity contribution is 6.06. The van der Waals surface area contributed by atoms with E-state index in [0.29, 0.717) is 37.9 Å². The number of rotatable bonds is 5. The number of aryl methyl sites for hydroxylation is 1. The third-order valence-electron chi connectivity index (χ3n) is 4.17. The van der Waals surface area contributed by atoms with Gasteiger partial charge in [0.05, 0.1) is 10.6 Å². The van der Waals surface area contributed by atoms with Crippen LogP contribution in [0.4, 0.5) is 15.8 Å². The zero-order valence-electron chi connectivity index (χ0n) is 13.7. The van der Waals surface area contributed by atoms with Gasteiger partial charge in [0.25, 0.3) is 5.91 Å². The lowest BCUT2D eigenvalue weighted by Gasteiger charge is -2.19. The number of halogens is 1. The van der Waals surface area contributed by atoms with E-state index in [1.165, 1.54) is 6.07 Å². The SMILES string of the molecule is CCCc1[nH]nc(C(=O)Nc2ccc3c(c2F)CCNC3)c1[N+](=O)[O-]. The normalized spacial score (nSPS) is 13.4. The van der Waals surface area contributed by atoms with Gasteiger partial charge in [-0.25, -0.2) is 4.39 Å². The molecule has 0 radical (unpaired) electrons. The maximum Gasteiger partial charge on any atom is 0.322 e. The molecule has 132 valence electrons. The van der Waals surface area contributed by atoms with Crippen LogP contribution in [0.15, 0.2) is 12.1 Å². The largest absolute Gasteiger partial charge is 0.322 e. The molecular weight excluding hydrogens is 329 g/mol. The summed E-state index contributed by atoms with van der Waals surface area (Å²) in [6.07, 6.45) is 1.59. The van der Waals surface area contributed by atoms with Crippen molar-refractivity contribution < 1.29 is 14.1 Å². The highest BCUT2D eigenvalue weighted by atomic mass is 19.1. The Kier molecular flexibility index (Phi) is 4.75. The molecule has 0 bridgehead atoms. The maximum atomic E-state index is 14.6. The summed E-state index contributed by atoms with van der Waals surface area (Å²) in [6, 6.07) is 3.20. The molecule has 0 spiro atoms. The lowest BCUT2D eigenvalue weighted by Crippen LogP contribution is -2.25. The van der Waals surface area contributed by atoms with Crippen molar-refractivity contribution >= 4 is 17.3 Å². The van der Waals surface area contributed by atoms with Crippen molar-refractivity contribution in [1.82, 2.24) is 15.5 Å². The van der Waals surface area contributed by atoms with E-state index in [2.05, 4.69) is 20.8 Å². The van der Waals surface area contributed by atoms with Crippen LogP contribution in [-0.4, -0.2) is 27.6 Å². The Morgan fingerprint density at radius 2 is 2.28 bits per heavy atom. The standard InChI is InChI=1S/C16H18FN5O3/c1-2-3-12-15(22(24)25)14(21-20-12)16(23)19-11-5-4-9-8-18-7-6-10(9)13(11)17/h4-5,18H,2-3,6-8H2,1H3,(H,19,23)(H,20,21). The Morgan fingerprint density at radius 1 is 1.48 bits per heavy atom. The minimum atomic E-state index is -0.807. The van der Waals surface area contributed by atoms with E-state index in [0.717, 1.165) is 5.56 Å². The minimum Gasteiger partial charge on any atom is -0.318 e. The lowest BCUT2D eigenvalue weighted by molar-refractivity contribution is -0.385. The van der Waals surface area contributed by atoms with Crippen LogP contribution in [0.3, 0.4) is 0 Å². The second kappa shape index (κ2) is 6.98. The summed E-state index contributed by atoms with van der Waals surface area (Å²) < 4.78 is 14.6. The van der Waals surface area contributed by atoms with Crippen molar-refractivity contribution in [3.05, 3.63) is 50.6 Å². The van der Waals surface area contributed by atoms with E-state index in [9.17, 15) is 19.3 Å². The summed E-state index contributed by atoms with van der Waals surface area (Å²) >= 11 is 0. The molecule has 0 fully saturated rings. The van der Waals surface area contributed by atoms with E-state index in [-0.39, 0.29) is 22.8 Å². The quantitative estimate of drug-likeness (QED) is 0.567. The fourth-order valence-corrected chi connectivity index (χ4v) is 2.96. The highest BCUT2D eigenvalue weighted by Crippen LogP contribution is 2.27. The van der Waals surface area contributed by atoms with E-state index < -0.39 is 16.6 Å². The molecule has 2 heterocycles. The van der Waals surface area contributed by atoms with E-state index in [1.807, 2.05) is 6.92 Å².